The number of amides is 1. The van der Waals surface area contributed by atoms with E-state index in [-0.39, 0.29) is 12.5 Å². The Bertz CT molecular complexity index is 704. The molecule has 7 nitrogen and oxygen atoms in total. The summed E-state index contributed by atoms with van der Waals surface area (Å²) in [6.45, 7) is 4.33. The number of carbonyl (C=O) groups is 2. The second-order valence-corrected chi connectivity index (χ2v) is 6.75. The van der Waals surface area contributed by atoms with Crippen molar-refractivity contribution in [3.8, 4) is 17.2 Å². The van der Waals surface area contributed by atoms with Gasteiger partial charge < -0.3 is 23.8 Å². The Hall–Kier alpha value is -2.70. The maximum Gasteiger partial charge on any atom is 0.331 e. The number of esters is 1. The number of hydrogen-bond donors (Lipinski definition) is 0. The molecule has 146 valence electrons. The number of nitrogens with zero attached hydrogens (tertiary/aromatic N) is 1. The van der Waals surface area contributed by atoms with E-state index in [9.17, 15) is 9.59 Å². The molecule has 0 spiro atoms. The molecule has 7 heteroatoms. The van der Waals surface area contributed by atoms with Crippen LogP contribution in [-0.2, 0) is 14.3 Å². The first-order valence-electron chi connectivity index (χ1n) is 9.17. The number of methoxy groups -OCH3 is 1. The minimum atomic E-state index is -0.567. The van der Waals surface area contributed by atoms with Crippen LogP contribution < -0.4 is 14.2 Å². The fourth-order valence-corrected chi connectivity index (χ4v) is 3.08. The van der Waals surface area contributed by atoms with Crippen LogP contribution in [0.3, 0.4) is 0 Å². The molecule has 27 heavy (non-hydrogen) atoms. The second kappa shape index (κ2) is 8.79. The third kappa shape index (κ3) is 4.93. The van der Waals surface area contributed by atoms with E-state index in [0.717, 1.165) is 25.9 Å². The second-order valence-electron chi connectivity index (χ2n) is 6.75. The van der Waals surface area contributed by atoms with E-state index < -0.39 is 5.97 Å². The van der Waals surface area contributed by atoms with Crippen molar-refractivity contribution < 1.29 is 28.5 Å². The Kier molecular flexibility index (Phi) is 6.21. The highest BCUT2D eigenvalue weighted by Gasteiger charge is 2.21. The summed E-state index contributed by atoms with van der Waals surface area (Å²) in [5, 5.41) is 0. The van der Waals surface area contributed by atoms with Crippen LogP contribution >= 0.6 is 0 Å². The first-order chi connectivity index (χ1) is 13.1. The fourth-order valence-electron chi connectivity index (χ4n) is 3.08. The van der Waals surface area contributed by atoms with Gasteiger partial charge in [0, 0.05) is 19.2 Å². The van der Waals surface area contributed by atoms with E-state index in [1.807, 2.05) is 0 Å². The number of rotatable bonds is 5. The van der Waals surface area contributed by atoms with Gasteiger partial charge >= 0.3 is 5.97 Å². The summed E-state index contributed by atoms with van der Waals surface area (Å²) >= 11 is 0. The lowest BCUT2D eigenvalue weighted by atomic mass is 9.99. The van der Waals surface area contributed by atoms with Gasteiger partial charge in [-0.15, -0.1) is 0 Å². The normalized spacial score (nSPS) is 17.0. The summed E-state index contributed by atoms with van der Waals surface area (Å²) in [5.74, 6) is 1.59. The Labute approximate surface area is 158 Å². The lowest BCUT2D eigenvalue weighted by molar-refractivity contribution is -0.148. The number of ether oxygens (including phenoxy) is 4. The van der Waals surface area contributed by atoms with Crippen LogP contribution in [0.5, 0.6) is 17.2 Å². The zero-order chi connectivity index (χ0) is 19.2. The molecular formula is C20H25NO6. The SMILES string of the molecule is COc1cc(/C=C/C(=O)OCC(=O)N2CCC(C)CC2)cc2c1OCCO2. The molecule has 0 radical (unpaired) electrons. The lowest BCUT2D eigenvalue weighted by Crippen LogP contribution is -2.40. The maximum absolute atomic E-state index is 12.1. The summed E-state index contributed by atoms with van der Waals surface area (Å²) in [5.41, 5.74) is 0.712. The van der Waals surface area contributed by atoms with Gasteiger partial charge in [-0.05, 0) is 42.5 Å². The van der Waals surface area contributed by atoms with Gasteiger partial charge in [0.25, 0.3) is 5.91 Å². The molecule has 0 unspecified atom stereocenters. The quantitative estimate of drug-likeness (QED) is 0.581. The summed E-state index contributed by atoms with van der Waals surface area (Å²) in [4.78, 5) is 25.8. The number of benzene rings is 1. The van der Waals surface area contributed by atoms with Crippen molar-refractivity contribution in [3.05, 3.63) is 23.8 Å². The minimum Gasteiger partial charge on any atom is -0.493 e. The van der Waals surface area contributed by atoms with Gasteiger partial charge in [-0.3, -0.25) is 4.79 Å². The largest absolute Gasteiger partial charge is 0.493 e. The van der Waals surface area contributed by atoms with Crippen LogP contribution in [0.2, 0.25) is 0 Å². The van der Waals surface area contributed by atoms with Crippen molar-refractivity contribution in [2.45, 2.75) is 19.8 Å². The molecule has 2 heterocycles. The third-order valence-corrected chi connectivity index (χ3v) is 4.74. The summed E-state index contributed by atoms with van der Waals surface area (Å²) in [6.07, 6.45) is 4.86. The zero-order valence-corrected chi connectivity index (χ0v) is 15.7. The van der Waals surface area contributed by atoms with Crippen molar-refractivity contribution in [2.24, 2.45) is 5.92 Å². The van der Waals surface area contributed by atoms with E-state index >= 15 is 0 Å². The third-order valence-electron chi connectivity index (χ3n) is 4.74. The highest BCUT2D eigenvalue weighted by atomic mass is 16.6. The van der Waals surface area contributed by atoms with Crippen molar-refractivity contribution in [1.29, 1.82) is 0 Å². The molecule has 0 saturated carbocycles. The summed E-state index contributed by atoms with van der Waals surface area (Å²) in [6, 6.07) is 3.51. The molecule has 0 atom stereocenters. The number of carbonyl (C=O) groups excluding carboxylic acids is 2. The van der Waals surface area contributed by atoms with E-state index in [0.29, 0.717) is 41.9 Å². The summed E-state index contributed by atoms with van der Waals surface area (Å²) in [7, 11) is 1.54. The average molecular weight is 375 g/mol. The minimum absolute atomic E-state index is 0.148. The molecule has 2 aliphatic heterocycles. The zero-order valence-electron chi connectivity index (χ0n) is 15.7. The Morgan fingerprint density at radius 1 is 1.22 bits per heavy atom. The predicted molar refractivity (Wildman–Crippen MR) is 99.0 cm³/mol. The van der Waals surface area contributed by atoms with Gasteiger partial charge in [-0.25, -0.2) is 4.79 Å². The fraction of sp³-hybridized carbons (Fsp3) is 0.500. The van der Waals surface area contributed by atoms with E-state index in [1.54, 1.807) is 30.2 Å². The van der Waals surface area contributed by atoms with E-state index in [2.05, 4.69) is 6.92 Å². The molecule has 1 fully saturated rings. The molecule has 3 rings (SSSR count). The number of likely N-dealkylation sites (tertiary alicyclic amines) is 1. The topological polar surface area (TPSA) is 74.3 Å². The van der Waals surface area contributed by atoms with Gasteiger partial charge in [-0.2, -0.15) is 0 Å². The van der Waals surface area contributed by atoms with Gasteiger partial charge in [0.05, 0.1) is 7.11 Å². The molecule has 1 saturated heterocycles. The van der Waals surface area contributed by atoms with Gasteiger partial charge in [0.2, 0.25) is 5.75 Å². The van der Waals surface area contributed by atoms with E-state index in [4.69, 9.17) is 18.9 Å². The van der Waals surface area contributed by atoms with Crippen molar-refractivity contribution in [1.82, 2.24) is 4.90 Å². The van der Waals surface area contributed by atoms with Crippen molar-refractivity contribution in [3.63, 3.8) is 0 Å². The molecule has 2 aliphatic rings. The summed E-state index contributed by atoms with van der Waals surface area (Å²) < 4.78 is 21.5. The van der Waals surface area contributed by atoms with Crippen LogP contribution in [0.25, 0.3) is 6.08 Å². The first kappa shape index (κ1) is 19.1. The van der Waals surface area contributed by atoms with Gasteiger partial charge in [0.1, 0.15) is 13.2 Å². The molecule has 0 aliphatic carbocycles. The van der Waals surface area contributed by atoms with Crippen LogP contribution in [0.4, 0.5) is 0 Å². The number of hydrogen-bond acceptors (Lipinski definition) is 6. The molecular weight excluding hydrogens is 350 g/mol. The van der Waals surface area contributed by atoms with Gasteiger partial charge in [-0.1, -0.05) is 6.92 Å². The molecule has 1 aromatic rings. The molecule has 1 amide bonds. The molecule has 1 aromatic carbocycles. The highest BCUT2D eigenvalue weighted by Crippen LogP contribution is 2.40. The average Bonchev–Trinajstić information content (AvgIpc) is 2.70. The predicted octanol–water partition coefficient (Wildman–Crippen LogP) is 2.28. The lowest BCUT2D eigenvalue weighted by Gasteiger charge is -2.30. The van der Waals surface area contributed by atoms with Crippen LogP contribution in [0.15, 0.2) is 18.2 Å². The molecule has 0 bridgehead atoms. The molecule has 0 aromatic heterocycles. The number of fused-ring (bicyclic) bond motifs is 1. The monoisotopic (exact) mass is 375 g/mol. The van der Waals surface area contributed by atoms with Gasteiger partial charge in [0.15, 0.2) is 18.1 Å². The first-order valence-corrected chi connectivity index (χ1v) is 9.17. The van der Waals surface area contributed by atoms with E-state index in [1.165, 1.54) is 6.08 Å². The highest BCUT2D eigenvalue weighted by molar-refractivity contribution is 5.89. The Balaban J connectivity index is 1.54. The van der Waals surface area contributed by atoms with Crippen molar-refractivity contribution in [2.75, 3.05) is 40.0 Å². The standard InChI is InChI=1S/C20H25NO6/c1-14-5-7-21(8-6-14)18(22)13-27-19(23)4-3-15-11-16(24-2)20-17(12-15)25-9-10-26-20/h3-4,11-12,14H,5-10,13H2,1-2H3/b4-3+. The van der Waals surface area contributed by atoms with Crippen LogP contribution in [-0.4, -0.2) is 56.8 Å². The Morgan fingerprint density at radius 3 is 2.70 bits per heavy atom. The van der Waals surface area contributed by atoms with Crippen molar-refractivity contribution >= 4 is 18.0 Å². The smallest absolute Gasteiger partial charge is 0.331 e. The maximum atomic E-state index is 12.1. The molecule has 0 N–H and O–H groups in total. The number of piperidine rings is 1. The van der Waals surface area contributed by atoms with Crippen LogP contribution in [0, 0.1) is 5.92 Å². The van der Waals surface area contributed by atoms with Crippen LogP contribution in [0.1, 0.15) is 25.3 Å². The Morgan fingerprint density at radius 2 is 1.96 bits per heavy atom.